The van der Waals surface area contributed by atoms with E-state index in [1.165, 1.54) is 12.1 Å². The summed E-state index contributed by atoms with van der Waals surface area (Å²) in [5.74, 6) is 0.0253. The van der Waals surface area contributed by atoms with Crippen LogP contribution in [0.15, 0.2) is 48.5 Å². The van der Waals surface area contributed by atoms with E-state index in [0.717, 1.165) is 16.6 Å². The molecule has 2 amide bonds. The minimum Gasteiger partial charge on any atom is -0.346 e. The van der Waals surface area contributed by atoms with Gasteiger partial charge in [0, 0.05) is 13.1 Å². The fourth-order valence-electron chi connectivity index (χ4n) is 3.31. The van der Waals surface area contributed by atoms with Crippen molar-refractivity contribution < 1.29 is 14.0 Å². The van der Waals surface area contributed by atoms with Gasteiger partial charge in [-0.3, -0.25) is 9.59 Å². The molecule has 0 unspecified atom stereocenters. The van der Waals surface area contributed by atoms with Crippen LogP contribution in [0.5, 0.6) is 0 Å². The van der Waals surface area contributed by atoms with Crippen molar-refractivity contribution in [1.29, 1.82) is 0 Å². The van der Waals surface area contributed by atoms with E-state index in [2.05, 4.69) is 15.3 Å². The molecule has 0 spiro atoms. The second kappa shape index (κ2) is 7.42. The molecule has 1 aliphatic heterocycles. The van der Waals surface area contributed by atoms with Crippen LogP contribution in [0, 0.1) is 11.7 Å². The predicted octanol–water partition coefficient (Wildman–Crippen LogP) is 2.58. The van der Waals surface area contributed by atoms with Crippen LogP contribution in [0.1, 0.15) is 24.4 Å². The third-order valence-corrected chi connectivity index (χ3v) is 5.05. The van der Waals surface area contributed by atoms with E-state index in [1.807, 2.05) is 31.2 Å². The normalized spacial score (nSPS) is 15.3. The molecule has 0 aliphatic carbocycles. The Hall–Kier alpha value is -3.22. The molecule has 0 bridgehead atoms. The molecule has 0 saturated carbocycles. The van der Waals surface area contributed by atoms with Gasteiger partial charge in [-0.1, -0.05) is 24.3 Å². The van der Waals surface area contributed by atoms with E-state index in [9.17, 15) is 14.0 Å². The van der Waals surface area contributed by atoms with Crippen molar-refractivity contribution in [3.05, 3.63) is 65.7 Å². The van der Waals surface area contributed by atoms with E-state index < -0.39 is 0 Å². The van der Waals surface area contributed by atoms with Crippen molar-refractivity contribution in [3.8, 4) is 0 Å². The van der Waals surface area contributed by atoms with Gasteiger partial charge in [0.2, 0.25) is 11.8 Å². The highest BCUT2D eigenvalue weighted by Gasteiger charge is 2.36. The molecule has 2 heterocycles. The van der Waals surface area contributed by atoms with Crippen LogP contribution in [0.2, 0.25) is 0 Å². The number of likely N-dealkylation sites (tertiary alicyclic amines) is 1. The molecule has 7 heteroatoms. The molecular weight excluding hydrogens is 359 g/mol. The monoisotopic (exact) mass is 380 g/mol. The Kier molecular flexibility index (Phi) is 4.81. The summed E-state index contributed by atoms with van der Waals surface area (Å²) in [6, 6.07) is 13.4. The van der Waals surface area contributed by atoms with Crippen LogP contribution < -0.4 is 5.32 Å². The second-order valence-electron chi connectivity index (χ2n) is 7.17. The quantitative estimate of drug-likeness (QED) is 0.714. The number of hydrogen-bond acceptors (Lipinski definition) is 3. The van der Waals surface area contributed by atoms with Crippen molar-refractivity contribution in [2.24, 2.45) is 5.92 Å². The van der Waals surface area contributed by atoms with Crippen molar-refractivity contribution in [3.63, 3.8) is 0 Å². The van der Waals surface area contributed by atoms with Crippen LogP contribution in [0.3, 0.4) is 0 Å². The number of aromatic nitrogens is 2. The molecule has 0 radical (unpaired) electrons. The smallest absolute Gasteiger partial charge is 0.227 e. The van der Waals surface area contributed by atoms with Crippen molar-refractivity contribution >= 4 is 22.8 Å². The summed E-state index contributed by atoms with van der Waals surface area (Å²) in [5.41, 5.74) is 2.55. The molecule has 1 fully saturated rings. The fourth-order valence-corrected chi connectivity index (χ4v) is 3.31. The van der Waals surface area contributed by atoms with Gasteiger partial charge in [-0.15, -0.1) is 0 Å². The maximum atomic E-state index is 12.9. The average molecular weight is 380 g/mol. The highest BCUT2D eigenvalue weighted by molar-refractivity contribution is 5.85. The number of imidazole rings is 1. The van der Waals surface area contributed by atoms with Gasteiger partial charge in [-0.2, -0.15) is 0 Å². The Morgan fingerprint density at radius 1 is 1.21 bits per heavy atom. The summed E-state index contributed by atoms with van der Waals surface area (Å²) in [6.45, 7) is 2.68. The summed E-state index contributed by atoms with van der Waals surface area (Å²) in [6.07, 6.45) is 0.212. The highest BCUT2D eigenvalue weighted by atomic mass is 19.1. The molecule has 6 nitrogen and oxygen atoms in total. The molecule has 1 saturated heterocycles. The second-order valence-corrected chi connectivity index (χ2v) is 7.17. The van der Waals surface area contributed by atoms with Gasteiger partial charge in [-0.05, 0) is 36.8 Å². The van der Waals surface area contributed by atoms with Crippen LogP contribution in [-0.4, -0.2) is 39.8 Å². The molecule has 1 aliphatic rings. The van der Waals surface area contributed by atoms with Gasteiger partial charge in [0.15, 0.2) is 0 Å². The maximum Gasteiger partial charge on any atom is 0.227 e. The number of nitrogens with one attached hydrogen (secondary N) is 2. The third-order valence-electron chi connectivity index (χ3n) is 5.05. The molecule has 2 N–H and O–H groups in total. The molecule has 2 aromatic carbocycles. The Balaban J connectivity index is 1.28. The lowest BCUT2D eigenvalue weighted by Gasteiger charge is -2.38. The summed E-state index contributed by atoms with van der Waals surface area (Å²) in [7, 11) is 0. The lowest BCUT2D eigenvalue weighted by atomic mass is 9.97. The summed E-state index contributed by atoms with van der Waals surface area (Å²) >= 11 is 0. The molecule has 3 aromatic rings. The van der Waals surface area contributed by atoms with Crippen LogP contribution in [0.4, 0.5) is 4.39 Å². The Bertz CT molecular complexity index is 976. The minimum absolute atomic E-state index is 0.0546. The topological polar surface area (TPSA) is 78.1 Å². The standard InChI is InChI=1S/C21H21FN4O2/c1-13(20-24-17-4-2-3-5-18(17)25-20)23-21(28)15-11-26(12-15)19(27)10-14-6-8-16(22)9-7-14/h2-9,13,15H,10-12H2,1H3,(H,23,28)(H,24,25)/t13-/m0/s1. The maximum absolute atomic E-state index is 12.9. The summed E-state index contributed by atoms with van der Waals surface area (Å²) < 4.78 is 12.9. The molecule has 1 atom stereocenters. The summed E-state index contributed by atoms with van der Waals surface area (Å²) in [5, 5.41) is 2.96. The molecule has 4 rings (SSSR count). The van der Waals surface area contributed by atoms with Gasteiger partial charge < -0.3 is 15.2 Å². The number of rotatable bonds is 5. The van der Waals surface area contributed by atoms with Crippen molar-refractivity contribution in [1.82, 2.24) is 20.2 Å². The number of para-hydroxylation sites is 2. The zero-order valence-electron chi connectivity index (χ0n) is 15.5. The van der Waals surface area contributed by atoms with E-state index >= 15 is 0 Å². The molecule has 144 valence electrons. The lowest BCUT2D eigenvalue weighted by Crippen LogP contribution is -2.56. The first kappa shape index (κ1) is 18.2. The Labute approximate surface area is 161 Å². The van der Waals surface area contributed by atoms with Gasteiger partial charge in [0.1, 0.15) is 11.6 Å². The Morgan fingerprint density at radius 3 is 2.64 bits per heavy atom. The fraction of sp³-hybridized carbons (Fsp3) is 0.286. The van der Waals surface area contributed by atoms with Gasteiger partial charge in [-0.25, -0.2) is 9.37 Å². The third kappa shape index (κ3) is 3.74. The predicted molar refractivity (Wildman–Crippen MR) is 103 cm³/mol. The van der Waals surface area contributed by atoms with Gasteiger partial charge >= 0.3 is 0 Å². The molecular formula is C21H21FN4O2. The molecule has 28 heavy (non-hydrogen) atoms. The lowest BCUT2D eigenvalue weighted by molar-refractivity contribution is -0.142. The Morgan fingerprint density at radius 2 is 1.93 bits per heavy atom. The number of amides is 2. The average Bonchev–Trinajstić information content (AvgIpc) is 3.07. The largest absolute Gasteiger partial charge is 0.346 e. The molecule has 1 aromatic heterocycles. The zero-order valence-corrected chi connectivity index (χ0v) is 15.5. The van der Waals surface area contributed by atoms with Crippen LogP contribution >= 0.6 is 0 Å². The van der Waals surface area contributed by atoms with Crippen molar-refractivity contribution in [2.75, 3.05) is 13.1 Å². The number of H-pyrrole nitrogens is 1. The van der Waals surface area contributed by atoms with Crippen LogP contribution in [0.25, 0.3) is 11.0 Å². The summed E-state index contributed by atoms with van der Waals surface area (Å²) in [4.78, 5) is 34.1. The van der Waals surface area contributed by atoms with Gasteiger partial charge in [0.05, 0.1) is 29.4 Å². The van der Waals surface area contributed by atoms with Gasteiger partial charge in [0.25, 0.3) is 0 Å². The first-order chi connectivity index (χ1) is 13.5. The van der Waals surface area contributed by atoms with E-state index in [1.54, 1.807) is 17.0 Å². The van der Waals surface area contributed by atoms with E-state index in [4.69, 9.17) is 0 Å². The first-order valence-electron chi connectivity index (χ1n) is 9.27. The van der Waals surface area contributed by atoms with E-state index in [0.29, 0.717) is 18.9 Å². The number of hydrogen-bond donors (Lipinski definition) is 2. The number of nitrogens with zero attached hydrogens (tertiary/aromatic N) is 2. The van der Waals surface area contributed by atoms with Crippen LogP contribution in [-0.2, 0) is 16.0 Å². The number of aromatic amines is 1. The minimum atomic E-state index is -0.324. The van der Waals surface area contributed by atoms with E-state index in [-0.39, 0.29) is 36.0 Å². The first-order valence-corrected chi connectivity index (χ1v) is 9.27. The number of carbonyl (C=O) groups is 2. The highest BCUT2D eigenvalue weighted by Crippen LogP contribution is 2.20. The zero-order chi connectivity index (χ0) is 19.7. The number of halogens is 1. The van der Waals surface area contributed by atoms with Crippen molar-refractivity contribution in [2.45, 2.75) is 19.4 Å². The number of carbonyl (C=O) groups excluding carboxylic acids is 2. The number of benzene rings is 2. The SMILES string of the molecule is C[C@H](NC(=O)C1CN(C(=O)Cc2ccc(F)cc2)C1)c1nc2ccccc2[nH]1. The number of fused-ring (bicyclic) bond motifs is 1.